The van der Waals surface area contributed by atoms with E-state index in [1.807, 2.05) is 29.2 Å². The van der Waals surface area contributed by atoms with Crippen molar-refractivity contribution < 1.29 is 22.8 Å². The topological polar surface area (TPSA) is 70.5 Å². The quantitative estimate of drug-likeness (QED) is 0.536. The Morgan fingerprint density at radius 3 is 2.57 bits per heavy atom. The fraction of sp³-hybridized carbons (Fsp3) is 0.333. The van der Waals surface area contributed by atoms with Gasteiger partial charge in [-0.05, 0) is 49.0 Å². The molecule has 3 aromatic rings. The monoisotopic (exact) mass is 501 g/mol. The Labute approximate surface area is 204 Å². The highest BCUT2D eigenvalue weighted by atomic mass is 32.1. The molecule has 2 aromatic carbocycles. The maximum atomic E-state index is 13.0. The Hall–Kier alpha value is -3.47. The van der Waals surface area contributed by atoms with Crippen LogP contribution in [0, 0.1) is 4.77 Å². The van der Waals surface area contributed by atoms with E-state index in [9.17, 15) is 22.8 Å². The van der Waals surface area contributed by atoms with E-state index in [-0.39, 0.29) is 23.0 Å². The van der Waals surface area contributed by atoms with E-state index in [4.69, 9.17) is 12.2 Å². The van der Waals surface area contributed by atoms with E-state index < -0.39 is 17.8 Å². The molecule has 1 amide bonds. The van der Waals surface area contributed by atoms with Gasteiger partial charge in [0, 0.05) is 43.7 Å². The van der Waals surface area contributed by atoms with Crippen LogP contribution in [0.25, 0.3) is 10.9 Å². The minimum Gasteiger partial charge on any atom is -0.368 e. The summed E-state index contributed by atoms with van der Waals surface area (Å²) >= 11 is 5.30. The number of halogens is 3. The third-order valence-electron chi connectivity index (χ3n) is 6.44. The zero-order chi connectivity index (χ0) is 24.7. The van der Waals surface area contributed by atoms with Crippen LogP contribution >= 0.6 is 12.2 Å². The molecule has 7 nitrogen and oxygen atoms in total. The molecule has 1 aromatic heterocycles. The number of hydrogen-bond donors (Lipinski definition) is 1. The Morgan fingerprint density at radius 2 is 1.83 bits per heavy atom. The Balaban J connectivity index is 1.19. The maximum Gasteiger partial charge on any atom is 0.416 e. The summed E-state index contributed by atoms with van der Waals surface area (Å²) < 4.78 is 40.6. The molecule has 182 valence electrons. The van der Waals surface area contributed by atoms with Crippen molar-refractivity contribution in [3.8, 4) is 0 Å². The molecule has 0 radical (unpaired) electrons. The number of amides is 1. The average Bonchev–Trinajstić information content (AvgIpc) is 3.19. The van der Waals surface area contributed by atoms with E-state index in [0.29, 0.717) is 49.6 Å². The van der Waals surface area contributed by atoms with Crippen molar-refractivity contribution in [2.45, 2.75) is 25.1 Å². The second-order valence-corrected chi connectivity index (χ2v) is 8.95. The zero-order valence-electron chi connectivity index (χ0n) is 18.6. The van der Waals surface area contributed by atoms with Crippen molar-refractivity contribution in [3.05, 3.63) is 58.9 Å². The molecule has 2 aliphatic heterocycles. The highest BCUT2D eigenvalue weighted by Gasteiger charge is 2.33. The lowest BCUT2D eigenvalue weighted by Crippen LogP contribution is -2.49. The van der Waals surface area contributed by atoms with Gasteiger partial charge in [0.15, 0.2) is 0 Å². The Morgan fingerprint density at radius 1 is 1.09 bits per heavy atom. The largest absolute Gasteiger partial charge is 0.416 e. The number of rotatable bonds is 4. The molecule has 1 atom stereocenters. The first-order valence-corrected chi connectivity index (χ1v) is 11.7. The Kier molecular flexibility index (Phi) is 5.96. The van der Waals surface area contributed by atoms with Gasteiger partial charge in [-0.2, -0.15) is 13.2 Å². The molecule has 2 aliphatic rings. The van der Waals surface area contributed by atoms with E-state index >= 15 is 0 Å². The third-order valence-corrected chi connectivity index (χ3v) is 6.71. The molecule has 1 fully saturated rings. The number of nitrogens with one attached hydrogen (secondary N) is 1. The van der Waals surface area contributed by atoms with Crippen molar-refractivity contribution in [1.82, 2.24) is 14.5 Å². The highest BCUT2D eigenvalue weighted by molar-refractivity contribution is 7.71. The molecule has 0 saturated carbocycles. The molecule has 35 heavy (non-hydrogen) atoms. The number of hydrogen-bond acceptors (Lipinski definition) is 6. The Bertz CT molecular complexity index is 1370. The molecule has 0 spiro atoms. The molecule has 11 heteroatoms. The molecule has 5 rings (SSSR count). The van der Waals surface area contributed by atoms with Crippen LogP contribution in [0.1, 0.15) is 23.2 Å². The highest BCUT2D eigenvalue weighted by Crippen LogP contribution is 2.32. The molecule has 0 bridgehead atoms. The molecular formula is C24H22F3N5O2S. The molecular weight excluding hydrogens is 479 g/mol. The van der Waals surface area contributed by atoms with Gasteiger partial charge >= 0.3 is 6.18 Å². The molecule has 1 saturated heterocycles. The number of piperazine rings is 1. The summed E-state index contributed by atoms with van der Waals surface area (Å²) in [5.74, 6) is 0.272. The number of fused-ring (bicyclic) bond motifs is 3. The number of carbonyl (C=O) groups excluding carboxylic acids is 2. The zero-order valence-corrected chi connectivity index (χ0v) is 19.4. The van der Waals surface area contributed by atoms with Crippen LogP contribution in [0.4, 0.5) is 24.7 Å². The smallest absolute Gasteiger partial charge is 0.368 e. The predicted molar refractivity (Wildman–Crippen MR) is 128 cm³/mol. The van der Waals surface area contributed by atoms with E-state index in [1.54, 1.807) is 11.0 Å². The summed E-state index contributed by atoms with van der Waals surface area (Å²) in [7, 11) is 0. The van der Waals surface area contributed by atoms with Crippen LogP contribution in [-0.2, 0) is 11.0 Å². The summed E-state index contributed by atoms with van der Waals surface area (Å²) in [5.41, 5.74) is 0.494. The number of nitrogens with zero attached hydrogens (tertiary/aromatic N) is 4. The fourth-order valence-electron chi connectivity index (χ4n) is 4.58. The summed E-state index contributed by atoms with van der Waals surface area (Å²) in [6, 6.07) is 12.0. The van der Waals surface area contributed by atoms with E-state index in [1.165, 1.54) is 10.6 Å². The minimum atomic E-state index is -4.40. The summed E-state index contributed by atoms with van der Waals surface area (Å²) in [5, 5.41) is 3.99. The van der Waals surface area contributed by atoms with E-state index in [0.717, 1.165) is 17.5 Å². The van der Waals surface area contributed by atoms with Gasteiger partial charge in [0.25, 0.3) is 5.91 Å². The van der Waals surface area contributed by atoms with Gasteiger partial charge in [-0.1, -0.05) is 18.2 Å². The van der Waals surface area contributed by atoms with Crippen molar-refractivity contribution in [2.24, 2.45) is 0 Å². The first-order chi connectivity index (χ1) is 16.7. The van der Waals surface area contributed by atoms with Crippen LogP contribution in [0.3, 0.4) is 0 Å². The SMILES string of the molecule is O=C(CC[C@H]1Nc2c3ccccc3nc(=S)n2C1=O)N1CCN(c2cccc(C(F)(F)F)c2)CC1. The lowest BCUT2D eigenvalue weighted by molar-refractivity contribution is -0.137. The average molecular weight is 502 g/mol. The lowest BCUT2D eigenvalue weighted by atomic mass is 10.1. The number of alkyl halides is 3. The first-order valence-electron chi connectivity index (χ1n) is 11.2. The first kappa shape index (κ1) is 23.3. The molecule has 0 aliphatic carbocycles. The van der Waals surface area contributed by atoms with Crippen molar-refractivity contribution >= 4 is 46.4 Å². The van der Waals surface area contributed by atoms with Crippen molar-refractivity contribution in [2.75, 3.05) is 36.4 Å². The number of carbonyl (C=O) groups is 2. The van der Waals surface area contributed by atoms with Crippen LogP contribution < -0.4 is 10.2 Å². The van der Waals surface area contributed by atoms with Gasteiger partial charge in [-0.25, -0.2) is 9.55 Å². The van der Waals surface area contributed by atoms with Gasteiger partial charge in [-0.3, -0.25) is 9.59 Å². The molecule has 0 unspecified atom stereocenters. The lowest BCUT2D eigenvalue weighted by Gasteiger charge is -2.36. The summed E-state index contributed by atoms with van der Waals surface area (Å²) in [6.45, 7) is 1.68. The minimum absolute atomic E-state index is 0.0918. The predicted octanol–water partition coefficient (Wildman–Crippen LogP) is 4.35. The fourth-order valence-corrected chi connectivity index (χ4v) is 4.86. The van der Waals surface area contributed by atoms with Gasteiger partial charge in [0.05, 0.1) is 11.1 Å². The number of benzene rings is 2. The number of para-hydroxylation sites is 1. The van der Waals surface area contributed by atoms with Crippen molar-refractivity contribution in [1.29, 1.82) is 0 Å². The van der Waals surface area contributed by atoms with Crippen LogP contribution in [0.15, 0.2) is 48.5 Å². The maximum absolute atomic E-state index is 13.0. The van der Waals surface area contributed by atoms with Crippen LogP contribution in [0.5, 0.6) is 0 Å². The second kappa shape index (κ2) is 8.95. The third kappa shape index (κ3) is 4.47. The standard InChI is InChI=1S/C24H22F3N5O2S/c25-24(26,27)15-4-3-5-16(14-15)30-10-12-31(13-11-30)20(33)9-8-19-22(34)32-21(28-19)17-6-1-2-7-18(17)29-23(32)35/h1-7,14,19,28H,8-13H2/t19-/m1/s1. The van der Waals surface area contributed by atoms with Gasteiger partial charge in [0.1, 0.15) is 11.9 Å². The molecule has 3 heterocycles. The van der Waals surface area contributed by atoms with Crippen LogP contribution in [-0.4, -0.2) is 58.5 Å². The van der Waals surface area contributed by atoms with Crippen molar-refractivity contribution in [3.63, 3.8) is 0 Å². The number of aromatic nitrogens is 2. The number of anilines is 2. The van der Waals surface area contributed by atoms with Gasteiger partial charge < -0.3 is 15.1 Å². The van der Waals surface area contributed by atoms with Gasteiger partial charge in [0.2, 0.25) is 10.7 Å². The summed E-state index contributed by atoms with van der Waals surface area (Å²) in [6.07, 6.45) is -3.93. The second-order valence-electron chi connectivity index (χ2n) is 8.59. The van der Waals surface area contributed by atoms with Crippen LogP contribution in [0.2, 0.25) is 0 Å². The normalized spacial score (nSPS) is 18.0. The van der Waals surface area contributed by atoms with E-state index in [2.05, 4.69) is 10.3 Å². The van der Waals surface area contributed by atoms with Gasteiger partial charge in [-0.15, -0.1) is 0 Å². The summed E-state index contributed by atoms with van der Waals surface area (Å²) in [4.78, 5) is 33.6. The molecule has 1 N–H and O–H groups in total.